The van der Waals surface area contributed by atoms with Gasteiger partial charge in [0.15, 0.2) is 0 Å². The van der Waals surface area contributed by atoms with Gasteiger partial charge in [-0.15, -0.1) is 0 Å². The molecule has 20 heavy (non-hydrogen) atoms. The van der Waals surface area contributed by atoms with Crippen LogP contribution in [0.15, 0.2) is 18.5 Å². The molecule has 0 N–H and O–H groups in total. The van der Waals surface area contributed by atoms with Crippen LogP contribution in [0.4, 0.5) is 0 Å². The van der Waals surface area contributed by atoms with Crippen LogP contribution < -0.4 is 0 Å². The van der Waals surface area contributed by atoms with Gasteiger partial charge in [-0.3, -0.25) is 14.4 Å². The molecule has 110 valence electrons. The molecule has 2 fully saturated rings. The van der Waals surface area contributed by atoms with Gasteiger partial charge in [0.25, 0.3) is 0 Å². The largest absolute Gasteiger partial charge is 0.336 e. The third kappa shape index (κ3) is 2.73. The number of amides is 1. The lowest BCUT2D eigenvalue weighted by molar-refractivity contribution is -0.139. The molecule has 5 nitrogen and oxygen atoms in total. The van der Waals surface area contributed by atoms with Gasteiger partial charge in [-0.25, -0.2) is 0 Å². The van der Waals surface area contributed by atoms with E-state index >= 15 is 0 Å². The summed E-state index contributed by atoms with van der Waals surface area (Å²) >= 11 is 0. The monoisotopic (exact) mass is 276 g/mol. The first-order chi connectivity index (χ1) is 9.75. The molecule has 3 heterocycles. The van der Waals surface area contributed by atoms with Gasteiger partial charge in [-0.1, -0.05) is 0 Å². The molecule has 0 spiro atoms. The first kappa shape index (κ1) is 13.6. The molecule has 0 bridgehead atoms. The Morgan fingerprint density at radius 2 is 2.15 bits per heavy atom. The molecule has 0 unspecified atom stereocenters. The summed E-state index contributed by atoms with van der Waals surface area (Å²) in [6.45, 7) is 2.79. The second kappa shape index (κ2) is 5.95. The minimum atomic E-state index is 0.105. The maximum absolute atomic E-state index is 12.8. The maximum atomic E-state index is 12.8. The summed E-state index contributed by atoms with van der Waals surface area (Å²) in [6.07, 6.45) is 9.40. The topological polar surface area (TPSA) is 41.4 Å². The van der Waals surface area contributed by atoms with Crippen molar-refractivity contribution in [1.29, 1.82) is 0 Å². The number of rotatable bonds is 3. The molecule has 3 rings (SSSR count). The number of carbonyl (C=O) groups is 1. The second-order valence-electron chi connectivity index (χ2n) is 6.05. The van der Waals surface area contributed by atoms with E-state index in [1.54, 1.807) is 6.20 Å². The summed E-state index contributed by atoms with van der Waals surface area (Å²) in [7, 11) is 2.07. The average molecular weight is 276 g/mol. The van der Waals surface area contributed by atoms with Crippen molar-refractivity contribution in [3.63, 3.8) is 0 Å². The first-order valence-corrected chi connectivity index (χ1v) is 7.74. The highest BCUT2D eigenvalue weighted by atomic mass is 16.2. The molecule has 0 saturated carbocycles. The number of likely N-dealkylation sites (N-methyl/N-ethyl adjacent to an activating group) is 1. The van der Waals surface area contributed by atoms with Crippen LogP contribution >= 0.6 is 0 Å². The third-order valence-electron chi connectivity index (χ3n) is 4.67. The van der Waals surface area contributed by atoms with Gasteiger partial charge >= 0.3 is 0 Å². The quantitative estimate of drug-likeness (QED) is 0.837. The van der Waals surface area contributed by atoms with Gasteiger partial charge in [0.1, 0.15) is 0 Å². The Labute approximate surface area is 120 Å². The Bertz CT molecular complexity index is 445. The number of carbonyl (C=O) groups excluding carboxylic acids is 1. The highest BCUT2D eigenvalue weighted by Crippen LogP contribution is 2.24. The van der Waals surface area contributed by atoms with E-state index in [1.165, 1.54) is 6.42 Å². The highest BCUT2D eigenvalue weighted by Gasteiger charge is 2.35. The number of nitrogens with zero attached hydrogens (tertiary/aromatic N) is 4. The SMILES string of the molecule is CN1CCC[C@@H]1C(=O)N1CCCC[C@H]1Cn1cccn1. The van der Waals surface area contributed by atoms with E-state index in [-0.39, 0.29) is 6.04 Å². The summed E-state index contributed by atoms with van der Waals surface area (Å²) < 4.78 is 1.95. The fourth-order valence-electron chi connectivity index (χ4n) is 3.52. The lowest BCUT2D eigenvalue weighted by Crippen LogP contribution is -2.52. The Hall–Kier alpha value is -1.36. The standard InChI is InChI=1S/C15H24N4O/c1-17-9-4-7-14(17)15(20)19-11-3-2-6-13(19)12-18-10-5-8-16-18/h5,8,10,13-14H,2-4,6-7,9,11-12H2,1H3/t13-,14+/m0/s1. The zero-order chi connectivity index (χ0) is 13.9. The Kier molecular flexibility index (Phi) is 4.05. The van der Waals surface area contributed by atoms with E-state index in [4.69, 9.17) is 0 Å². The van der Waals surface area contributed by atoms with E-state index in [0.717, 1.165) is 45.3 Å². The molecule has 2 aliphatic rings. The number of aromatic nitrogens is 2. The van der Waals surface area contributed by atoms with Crippen LogP contribution in [-0.2, 0) is 11.3 Å². The number of piperidine rings is 1. The summed E-state index contributed by atoms with van der Waals surface area (Å²) in [6, 6.07) is 2.36. The van der Waals surface area contributed by atoms with Crippen molar-refractivity contribution < 1.29 is 4.79 Å². The van der Waals surface area contributed by atoms with Gasteiger partial charge in [-0.2, -0.15) is 5.10 Å². The van der Waals surface area contributed by atoms with Crippen LogP contribution in [0.25, 0.3) is 0 Å². The van der Waals surface area contributed by atoms with Crippen LogP contribution in [-0.4, -0.2) is 57.7 Å². The predicted octanol–water partition coefficient (Wildman–Crippen LogP) is 1.36. The lowest BCUT2D eigenvalue weighted by Gasteiger charge is -2.38. The predicted molar refractivity (Wildman–Crippen MR) is 77.2 cm³/mol. The van der Waals surface area contributed by atoms with Crippen molar-refractivity contribution in [1.82, 2.24) is 19.6 Å². The Morgan fingerprint density at radius 1 is 1.25 bits per heavy atom. The molecule has 1 aromatic rings. The molecule has 0 aromatic carbocycles. The van der Waals surface area contributed by atoms with E-state index < -0.39 is 0 Å². The smallest absolute Gasteiger partial charge is 0.240 e. The van der Waals surface area contributed by atoms with E-state index in [0.29, 0.717) is 11.9 Å². The van der Waals surface area contributed by atoms with Crippen LogP contribution in [0, 0.1) is 0 Å². The molecule has 2 saturated heterocycles. The molecule has 1 aromatic heterocycles. The molecular weight excluding hydrogens is 252 g/mol. The van der Waals surface area contributed by atoms with Crippen LogP contribution in [0.2, 0.25) is 0 Å². The zero-order valence-electron chi connectivity index (χ0n) is 12.2. The summed E-state index contributed by atoms with van der Waals surface area (Å²) in [5, 5.41) is 4.28. The normalized spacial score (nSPS) is 27.9. The summed E-state index contributed by atoms with van der Waals surface area (Å²) in [4.78, 5) is 17.1. The fraction of sp³-hybridized carbons (Fsp3) is 0.733. The van der Waals surface area contributed by atoms with Crippen molar-refractivity contribution in [2.45, 2.75) is 50.7 Å². The zero-order valence-corrected chi connectivity index (χ0v) is 12.2. The third-order valence-corrected chi connectivity index (χ3v) is 4.67. The Morgan fingerprint density at radius 3 is 2.85 bits per heavy atom. The van der Waals surface area contributed by atoms with Crippen molar-refractivity contribution in [3.05, 3.63) is 18.5 Å². The van der Waals surface area contributed by atoms with Crippen molar-refractivity contribution >= 4 is 5.91 Å². The van der Waals surface area contributed by atoms with Crippen LogP contribution in [0.1, 0.15) is 32.1 Å². The average Bonchev–Trinajstić information content (AvgIpc) is 3.10. The molecular formula is C15H24N4O. The van der Waals surface area contributed by atoms with Gasteiger partial charge in [-0.05, 0) is 51.8 Å². The summed E-state index contributed by atoms with van der Waals surface area (Å²) in [5.74, 6) is 0.335. The number of likely N-dealkylation sites (tertiary alicyclic amines) is 2. The minimum absolute atomic E-state index is 0.105. The molecule has 0 radical (unpaired) electrons. The molecule has 5 heteroatoms. The van der Waals surface area contributed by atoms with Crippen molar-refractivity contribution in [3.8, 4) is 0 Å². The van der Waals surface area contributed by atoms with E-state index in [2.05, 4.69) is 21.9 Å². The van der Waals surface area contributed by atoms with E-state index in [9.17, 15) is 4.79 Å². The molecule has 2 atom stereocenters. The van der Waals surface area contributed by atoms with Crippen LogP contribution in [0.3, 0.4) is 0 Å². The van der Waals surface area contributed by atoms with Crippen LogP contribution in [0.5, 0.6) is 0 Å². The van der Waals surface area contributed by atoms with Gasteiger partial charge in [0.2, 0.25) is 5.91 Å². The fourth-order valence-corrected chi connectivity index (χ4v) is 3.52. The second-order valence-corrected chi connectivity index (χ2v) is 6.05. The molecule has 0 aliphatic carbocycles. The van der Waals surface area contributed by atoms with E-state index in [1.807, 2.05) is 16.9 Å². The molecule has 1 amide bonds. The Balaban J connectivity index is 1.69. The maximum Gasteiger partial charge on any atom is 0.240 e. The van der Waals surface area contributed by atoms with Gasteiger partial charge in [0.05, 0.1) is 18.6 Å². The highest BCUT2D eigenvalue weighted by molar-refractivity contribution is 5.82. The number of hydrogen-bond acceptors (Lipinski definition) is 3. The van der Waals surface area contributed by atoms with Crippen molar-refractivity contribution in [2.24, 2.45) is 0 Å². The molecule has 2 aliphatic heterocycles. The minimum Gasteiger partial charge on any atom is -0.336 e. The lowest BCUT2D eigenvalue weighted by atomic mass is 10.0. The van der Waals surface area contributed by atoms with Gasteiger partial charge < -0.3 is 4.90 Å². The first-order valence-electron chi connectivity index (χ1n) is 7.74. The summed E-state index contributed by atoms with van der Waals surface area (Å²) in [5.41, 5.74) is 0. The number of hydrogen-bond donors (Lipinski definition) is 0. The van der Waals surface area contributed by atoms with Crippen molar-refractivity contribution in [2.75, 3.05) is 20.1 Å². The van der Waals surface area contributed by atoms with Gasteiger partial charge in [0, 0.05) is 18.9 Å².